The minimum absolute atomic E-state index is 0.0319. The number of ketones is 4. The number of allylic oxidation sites excluding steroid dienone is 2. The van der Waals surface area contributed by atoms with Crippen molar-refractivity contribution in [3.63, 3.8) is 0 Å². The van der Waals surface area contributed by atoms with Crippen LogP contribution in [0, 0.1) is 36.2 Å². The fourth-order valence-corrected chi connectivity index (χ4v) is 11.5. The zero-order valence-electron chi connectivity index (χ0n) is 30.5. The summed E-state index contributed by atoms with van der Waals surface area (Å²) in [4.78, 5) is 54.7. The van der Waals surface area contributed by atoms with Crippen LogP contribution in [0.3, 0.4) is 0 Å². The van der Waals surface area contributed by atoms with E-state index < -0.39 is 40.6 Å². The molecule has 9 rings (SSSR count). The Morgan fingerprint density at radius 2 is 0.945 bits per heavy atom. The van der Waals surface area contributed by atoms with Crippen molar-refractivity contribution in [3.05, 3.63) is 103 Å². The Labute approximate surface area is 325 Å². The molecule has 0 saturated carbocycles. The van der Waals surface area contributed by atoms with Crippen LogP contribution in [0.1, 0.15) is 97.3 Å². The highest BCUT2D eigenvalue weighted by molar-refractivity contribution is 7.34. The van der Waals surface area contributed by atoms with E-state index in [0.717, 1.165) is 89.9 Å². The van der Waals surface area contributed by atoms with Gasteiger partial charge in [0.2, 0.25) is 0 Å². The Kier molecular flexibility index (Phi) is 8.34. The number of nitrogens with zero attached hydrogens (tertiary/aromatic N) is 2. The molecule has 7 aromatic rings. The molecule has 0 fully saturated rings. The predicted octanol–water partition coefficient (Wildman–Crippen LogP) is 11.8. The number of thiophene rings is 3. The third-order valence-corrected chi connectivity index (χ3v) is 14.8. The van der Waals surface area contributed by atoms with E-state index in [4.69, 9.17) is 0 Å². The molecule has 0 radical (unpaired) electrons. The molecule has 5 heterocycles. The van der Waals surface area contributed by atoms with Crippen molar-refractivity contribution in [1.29, 1.82) is 0 Å². The summed E-state index contributed by atoms with van der Waals surface area (Å²) in [5.74, 6) is -4.28. The van der Waals surface area contributed by atoms with E-state index in [1.54, 1.807) is 24.3 Å². The van der Waals surface area contributed by atoms with Crippen LogP contribution in [0.25, 0.3) is 53.0 Å². The summed E-state index contributed by atoms with van der Waals surface area (Å²) >= 11 is 4.67. The van der Waals surface area contributed by atoms with Gasteiger partial charge in [-0.25, -0.2) is 13.2 Å². The second kappa shape index (κ2) is 12.8. The summed E-state index contributed by atoms with van der Waals surface area (Å²) in [7, 11) is 0. The van der Waals surface area contributed by atoms with Crippen molar-refractivity contribution in [1.82, 2.24) is 9.13 Å². The highest BCUT2D eigenvalue weighted by Crippen LogP contribution is 2.50. The number of carbonyl (C=O) groups excluding carboxylic acids is 4. The van der Waals surface area contributed by atoms with E-state index >= 15 is 0 Å². The average molecular weight is 795 g/mol. The monoisotopic (exact) mass is 794 g/mol. The van der Waals surface area contributed by atoms with Crippen LogP contribution in [-0.4, -0.2) is 32.3 Å². The normalized spacial score (nSPS) is 16.3. The topological polar surface area (TPSA) is 78.1 Å². The van der Waals surface area contributed by atoms with Crippen LogP contribution in [0.4, 0.5) is 13.2 Å². The maximum Gasteiger partial charge on any atom is 0.197 e. The summed E-state index contributed by atoms with van der Waals surface area (Å²) in [6.07, 6.45) is 5.10. The molecule has 0 bridgehead atoms. The fourth-order valence-electron chi connectivity index (χ4n) is 7.71. The summed E-state index contributed by atoms with van der Waals surface area (Å²) in [5, 5.41) is 0. The molecule has 0 spiro atoms. The second-order valence-corrected chi connectivity index (χ2v) is 18.0. The number of rotatable bonds is 8. The summed E-state index contributed by atoms with van der Waals surface area (Å²) < 4.78 is 51.4. The van der Waals surface area contributed by atoms with Crippen LogP contribution in [0.2, 0.25) is 0 Å². The largest absolute Gasteiger partial charge is 0.337 e. The van der Waals surface area contributed by atoms with Crippen molar-refractivity contribution >= 4 is 110 Å². The van der Waals surface area contributed by atoms with Gasteiger partial charge in [-0.2, -0.15) is 0 Å². The second-order valence-electron chi connectivity index (χ2n) is 14.8. The maximum atomic E-state index is 14.4. The SMILES string of the molecule is CCC(C)Cn1c2cc(C=C3C(=O)c4cc(F)c(F)cc4C3=O)sc2c2sc3c4sc(/C=C5/C(=O)c6cc(C)c(F)cc6C5=O)cc4n(CC(C)CC)c3c21. The lowest BCUT2D eigenvalue weighted by Gasteiger charge is -2.15. The molecule has 0 aliphatic heterocycles. The third-order valence-electron chi connectivity index (χ3n) is 11.1. The lowest BCUT2D eigenvalue weighted by molar-refractivity contribution is 0.0975. The highest BCUT2D eigenvalue weighted by Gasteiger charge is 2.36. The molecule has 55 heavy (non-hydrogen) atoms. The first-order chi connectivity index (χ1) is 26.3. The molecule has 2 atom stereocenters. The van der Waals surface area contributed by atoms with E-state index in [1.165, 1.54) is 34.8 Å². The Hall–Kier alpha value is -4.91. The Balaban J connectivity index is 1.22. The minimum Gasteiger partial charge on any atom is -0.337 e. The smallest absolute Gasteiger partial charge is 0.197 e. The number of Topliss-reactive ketones (excluding diaryl/α,β-unsaturated/α-hetero) is 4. The molecule has 2 aromatic carbocycles. The van der Waals surface area contributed by atoms with Crippen molar-refractivity contribution in [3.8, 4) is 0 Å². The number of benzene rings is 2. The molecule has 5 aromatic heterocycles. The maximum absolute atomic E-state index is 14.4. The molecule has 0 saturated heterocycles. The van der Waals surface area contributed by atoms with Crippen LogP contribution < -0.4 is 0 Å². The highest BCUT2D eigenvalue weighted by atomic mass is 32.1. The molecule has 2 unspecified atom stereocenters. The van der Waals surface area contributed by atoms with Gasteiger partial charge in [-0.05, 0) is 72.9 Å². The van der Waals surface area contributed by atoms with E-state index in [9.17, 15) is 32.3 Å². The van der Waals surface area contributed by atoms with Crippen LogP contribution in [0.15, 0.2) is 47.5 Å². The number of fused-ring (bicyclic) bond motifs is 9. The zero-order chi connectivity index (χ0) is 38.8. The van der Waals surface area contributed by atoms with Gasteiger partial charge >= 0.3 is 0 Å². The molecule has 6 nitrogen and oxygen atoms in total. The minimum atomic E-state index is -1.17. The fraction of sp³-hybridized carbons (Fsp3) is 0.256. The molecular formula is C43H33F3N2O4S3. The van der Waals surface area contributed by atoms with Crippen molar-refractivity contribution in [2.75, 3.05) is 0 Å². The first-order valence-electron chi connectivity index (χ1n) is 18.2. The Bertz CT molecular complexity index is 2680. The van der Waals surface area contributed by atoms with Gasteiger partial charge in [0.15, 0.2) is 34.8 Å². The Morgan fingerprint density at radius 1 is 0.564 bits per heavy atom. The van der Waals surface area contributed by atoms with E-state index in [0.29, 0.717) is 22.3 Å². The lowest BCUT2D eigenvalue weighted by Crippen LogP contribution is -2.09. The number of halogens is 3. The molecule has 12 heteroatoms. The average Bonchev–Trinajstić information content (AvgIpc) is 4.01. The van der Waals surface area contributed by atoms with E-state index in [1.807, 2.05) is 12.1 Å². The first kappa shape index (κ1) is 35.8. The number of hydrogen-bond donors (Lipinski definition) is 0. The van der Waals surface area contributed by atoms with Crippen LogP contribution in [-0.2, 0) is 13.1 Å². The number of carbonyl (C=O) groups is 4. The van der Waals surface area contributed by atoms with Gasteiger partial charge in [-0.15, -0.1) is 34.0 Å². The molecule has 278 valence electrons. The van der Waals surface area contributed by atoms with Crippen molar-refractivity contribution in [2.24, 2.45) is 11.8 Å². The number of aromatic nitrogens is 2. The van der Waals surface area contributed by atoms with Gasteiger partial charge in [0, 0.05) is 45.1 Å². The number of hydrogen-bond acceptors (Lipinski definition) is 7. The first-order valence-corrected chi connectivity index (χ1v) is 20.7. The summed E-state index contributed by atoms with van der Waals surface area (Å²) in [6, 6.07) is 8.24. The van der Waals surface area contributed by atoms with Gasteiger partial charge in [-0.3, -0.25) is 19.2 Å². The zero-order valence-corrected chi connectivity index (χ0v) is 32.9. The van der Waals surface area contributed by atoms with Crippen LogP contribution in [0.5, 0.6) is 0 Å². The van der Waals surface area contributed by atoms with Gasteiger partial charge < -0.3 is 9.13 Å². The van der Waals surface area contributed by atoms with E-state index in [2.05, 4.69) is 36.8 Å². The molecule has 0 amide bonds. The van der Waals surface area contributed by atoms with Crippen molar-refractivity contribution in [2.45, 2.75) is 60.5 Å². The quantitative estimate of drug-likeness (QED) is 0.113. The summed E-state index contributed by atoms with van der Waals surface area (Å²) in [5.41, 5.74) is 4.54. The van der Waals surface area contributed by atoms with E-state index in [-0.39, 0.29) is 33.4 Å². The van der Waals surface area contributed by atoms with Gasteiger partial charge in [0.25, 0.3) is 0 Å². The number of aryl methyl sites for hydroxylation is 1. The van der Waals surface area contributed by atoms with Crippen LogP contribution >= 0.6 is 34.0 Å². The van der Waals surface area contributed by atoms with Gasteiger partial charge in [-0.1, -0.05) is 40.5 Å². The van der Waals surface area contributed by atoms with Crippen molar-refractivity contribution < 1.29 is 32.3 Å². The summed E-state index contributed by atoms with van der Waals surface area (Å²) in [6.45, 7) is 11.8. The lowest BCUT2D eigenvalue weighted by atomic mass is 10.1. The predicted molar refractivity (Wildman–Crippen MR) is 216 cm³/mol. The molecule has 0 N–H and O–H groups in total. The molecular weight excluding hydrogens is 762 g/mol. The van der Waals surface area contributed by atoms with Gasteiger partial charge in [0.05, 0.1) is 52.0 Å². The Morgan fingerprint density at radius 3 is 1.35 bits per heavy atom. The third kappa shape index (κ3) is 5.32. The molecule has 2 aliphatic carbocycles. The van der Waals surface area contributed by atoms with Gasteiger partial charge in [0.1, 0.15) is 5.82 Å². The standard InChI is InChI=1S/C43H33F3N2O4S3/c1-6-18(3)16-47-32-11-21(9-27-36(49)23-8-20(5)29(44)13-24(23)37(27)50)53-40(32)42-34(47)35-43(55-42)41-33(48(35)17-19(4)7-2)12-22(54-41)10-28-38(51)25-14-30(45)31(46)15-26(25)39(28)52/h8-15,18-19H,6-7,16-17H2,1-5H3/b27-9-. The molecule has 2 aliphatic rings.